The highest BCUT2D eigenvalue weighted by molar-refractivity contribution is 5.96. The zero-order valence-corrected chi connectivity index (χ0v) is 13.0. The first kappa shape index (κ1) is 15.6. The lowest BCUT2D eigenvalue weighted by molar-refractivity contribution is 0.0930. The van der Waals surface area contributed by atoms with Gasteiger partial charge in [0.1, 0.15) is 0 Å². The number of aryl methyl sites for hydroxylation is 1. The molecule has 1 unspecified atom stereocenters. The molecule has 2 heterocycles. The number of nitrogens with zero attached hydrogens (tertiary/aromatic N) is 4. The van der Waals surface area contributed by atoms with Crippen molar-refractivity contribution >= 4 is 11.7 Å². The molecular weight excluding hydrogens is 308 g/mol. The number of anilines is 1. The summed E-state index contributed by atoms with van der Waals surface area (Å²) < 4.78 is 5.16. The van der Waals surface area contributed by atoms with Gasteiger partial charge in [-0.1, -0.05) is 35.5 Å². The zero-order valence-electron chi connectivity index (χ0n) is 13.0. The van der Waals surface area contributed by atoms with E-state index in [0.717, 1.165) is 5.56 Å². The molecule has 1 amide bonds. The van der Waals surface area contributed by atoms with Crippen LogP contribution in [0, 0.1) is 6.92 Å². The lowest BCUT2D eigenvalue weighted by atomic mass is 10.0. The predicted octanol–water partition coefficient (Wildman–Crippen LogP) is 1.46. The van der Waals surface area contributed by atoms with E-state index < -0.39 is 5.91 Å². The summed E-state index contributed by atoms with van der Waals surface area (Å²) >= 11 is 0. The fraction of sp³-hybridized carbons (Fsp3) is 0.188. The van der Waals surface area contributed by atoms with Gasteiger partial charge in [-0.25, -0.2) is 9.97 Å². The second-order valence-corrected chi connectivity index (χ2v) is 5.17. The molecule has 3 N–H and O–H groups in total. The molecule has 0 aliphatic heterocycles. The maximum Gasteiger partial charge on any atom is 0.274 e. The Bertz CT molecular complexity index is 833. The lowest BCUT2D eigenvalue weighted by Crippen LogP contribution is -2.31. The van der Waals surface area contributed by atoms with Crippen LogP contribution in [0.2, 0.25) is 0 Å². The molecule has 0 fully saturated rings. The molecule has 3 aromatic rings. The Labute approximate surface area is 138 Å². The van der Waals surface area contributed by atoms with Gasteiger partial charge in [-0.15, -0.1) is 0 Å². The summed E-state index contributed by atoms with van der Waals surface area (Å²) in [7, 11) is 0. The van der Waals surface area contributed by atoms with Crippen molar-refractivity contribution in [1.82, 2.24) is 25.4 Å². The number of rotatable bonds is 5. The van der Waals surface area contributed by atoms with Crippen LogP contribution in [0.4, 0.5) is 5.82 Å². The molecule has 0 spiro atoms. The van der Waals surface area contributed by atoms with Crippen molar-refractivity contribution in [2.24, 2.45) is 0 Å². The monoisotopic (exact) mass is 324 g/mol. The number of benzene rings is 1. The van der Waals surface area contributed by atoms with Gasteiger partial charge in [-0.3, -0.25) is 4.79 Å². The third kappa shape index (κ3) is 3.54. The second-order valence-electron chi connectivity index (χ2n) is 5.17. The minimum atomic E-state index is -0.411. The first-order chi connectivity index (χ1) is 11.6. The summed E-state index contributed by atoms with van der Waals surface area (Å²) in [5, 5.41) is 6.67. The molecule has 8 nitrogen and oxygen atoms in total. The Morgan fingerprint density at radius 1 is 1.25 bits per heavy atom. The number of nitrogens with one attached hydrogen (secondary N) is 1. The molecule has 0 saturated heterocycles. The minimum absolute atomic E-state index is 0.0791. The van der Waals surface area contributed by atoms with Gasteiger partial charge in [0.15, 0.2) is 17.3 Å². The van der Waals surface area contributed by atoms with Crippen molar-refractivity contribution in [2.45, 2.75) is 19.4 Å². The largest absolute Gasteiger partial charge is 0.382 e. The first-order valence-corrected chi connectivity index (χ1v) is 7.35. The number of aromatic nitrogens is 4. The summed E-state index contributed by atoms with van der Waals surface area (Å²) in [5.74, 6) is 0.649. The van der Waals surface area contributed by atoms with E-state index in [9.17, 15) is 4.79 Å². The van der Waals surface area contributed by atoms with Gasteiger partial charge in [-0.2, -0.15) is 4.98 Å². The number of carbonyl (C=O) groups excluding carboxylic acids is 1. The summed E-state index contributed by atoms with van der Waals surface area (Å²) in [6.45, 7) is 1.74. The molecule has 0 saturated carbocycles. The first-order valence-electron chi connectivity index (χ1n) is 7.35. The van der Waals surface area contributed by atoms with Crippen LogP contribution in [-0.2, 0) is 6.42 Å². The molecule has 1 atom stereocenters. The Balaban J connectivity index is 1.85. The Kier molecular flexibility index (Phi) is 4.46. The van der Waals surface area contributed by atoms with Crippen LogP contribution < -0.4 is 11.1 Å². The van der Waals surface area contributed by atoms with Gasteiger partial charge in [-0.05, 0) is 12.5 Å². The number of hydrogen-bond acceptors (Lipinski definition) is 7. The van der Waals surface area contributed by atoms with Gasteiger partial charge in [0, 0.05) is 12.4 Å². The van der Waals surface area contributed by atoms with Crippen molar-refractivity contribution in [3.63, 3.8) is 0 Å². The molecule has 0 aliphatic rings. The van der Waals surface area contributed by atoms with E-state index in [2.05, 4.69) is 25.4 Å². The smallest absolute Gasteiger partial charge is 0.274 e. The lowest BCUT2D eigenvalue weighted by Gasteiger charge is -2.17. The number of nitrogen functional groups attached to an aromatic ring is 1. The van der Waals surface area contributed by atoms with Gasteiger partial charge in [0.2, 0.25) is 5.89 Å². The van der Waals surface area contributed by atoms with E-state index in [0.29, 0.717) is 18.1 Å². The van der Waals surface area contributed by atoms with Crippen LogP contribution in [0.15, 0.2) is 47.2 Å². The van der Waals surface area contributed by atoms with Crippen LogP contribution in [0.25, 0.3) is 0 Å². The molecule has 0 radical (unpaired) electrons. The van der Waals surface area contributed by atoms with E-state index in [1.807, 2.05) is 30.3 Å². The molecule has 2 aromatic heterocycles. The van der Waals surface area contributed by atoms with E-state index in [4.69, 9.17) is 10.3 Å². The minimum Gasteiger partial charge on any atom is -0.382 e. The maximum absolute atomic E-state index is 12.5. The third-order valence-electron chi connectivity index (χ3n) is 3.40. The van der Waals surface area contributed by atoms with Gasteiger partial charge >= 0.3 is 0 Å². The third-order valence-corrected chi connectivity index (χ3v) is 3.40. The van der Waals surface area contributed by atoms with Crippen molar-refractivity contribution < 1.29 is 9.32 Å². The Hall–Kier alpha value is -3.29. The normalized spacial score (nSPS) is 11.9. The van der Waals surface area contributed by atoms with Crippen LogP contribution in [0.5, 0.6) is 0 Å². The molecule has 0 bridgehead atoms. The molecule has 122 valence electrons. The topological polar surface area (TPSA) is 120 Å². The van der Waals surface area contributed by atoms with Crippen LogP contribution >= 0.6 is 0 Å². The van der Waals surface area contributed by atoms with Crippen LogP contribution in [-0.4, -0.2) is 26.0 Å². The molecule has 0 aliphatic carbocycles. The summed E-state index contributed by atoms with van der Waals surface area (Å²) in [4.78, 5) is 24.5. The second kappa shape index (κ2) is 6.86. The highest BCUT2D eigenvalue weighted by Gasteiger charge is 2.21. The highest BCUT2D eigenvalue weighted by Crippen LogP contribution is 2.18. The van der Waals surface area contributed by atoms with Crippen molar-refractivity contribution in [2.75, 3.05) is 5.73 Å². The van der Waals surface area contributed by atoms with Crippen LogP contribution in [0.1, 0.15) is 33.8 Å². The van der Waals surface area contributed by atoms with E-state index in [-0.39, 0.29) is 17.6 Å². The molecule has 3 rings (SSSR count). The highest BCUT2D eigenvalue weighted by atomic mass is 16.5. The summed E-state index contributed by atoms with van der Waals surface area (Å²) in [6, 6.07) is 9.15. The molecule has 8 heteroatoms. The zero-order chi connectivity index (χ0) is 16.9. The predicted molar refractivity (Wildman–Crippen MR) is 85.8 cm³/mol. The van der Waals surface area contributed by atoms with E-state index in [1.165, 1.54) is 12.4 Å². The SMILES string of the molecule is Cc1noc(CC(NC(=O)c2nccnc2N)c2ccccc2)n1. The van der Waals surface area contributed by atoms with Crippen molar-refractivity contribution in [3.05, 3.63) is 65.7 Å². The number of carbonyl (C=O) groups is 1. The summed E-state index contributed by atoms with van der Waals surface area (Å²) in [6.07, 6.45) is 3.21. The van der Waals surface area contributed by atoms with Crippen molar-refractivity contribution in [3.8, 4) is 0 Å². The number of nitrogens with two attached hydrogens (primary N) is 1. The molecule has 24 heavy (non-hydrogen) atoms. The summed E-state index contributed by atoms with van der Waals surface area (Å²) in [5.41, 5.74) is 6.71. The van der Waals surface area contributed by atoms with Crippen LogP contribution in [0.3, 0.4) is 0 Å². The molecule has 1 aromatic carbocycles. The molecular formula is C16H16N6O2. The van der Waals surface area contributed by atoms with Crippen molar-refractivity contribution in [1.29, 1.82) is 0 Å². The van der Waals surface area contributed by atoms with E-state index >= 15 is 0 Å². The Morgan fingerprint density at radius 2 is 2.00 bits per heavy atom. The average Bonchev–Trinajstić information content (AvgIpc) is 3.00. The number of amides is 1. The maximum atomic E-state index is 12.5. The van der Waals surface area contributed by atoms with Gasteiger partial charge in [0.25, 0.3) is 5.91 Å². The average molecular weight is 324 g/mol. The fourth-order valence-electron chi connectivity index (χ4n) is 2.29. The van der Waals surface area contributed by atoms with Gasteiger partial charge < -0.3 is 15.6 Å². The standard InChI is InChI=1S/C16H16N6O2/c1-10-20-13(24-22-10)9-12(11-5-3-2-4-6-11)21-16(23)14-15(17)19-8-7-18-14/h2-8,12H,9H2,1H3,(H2,17,19)(H,21,23). The fourth-order valence-corrected chi connectivity index (χ4v) is 2.29. The number of hydrogen-bond donors (Lipinski definition) is 2. The Morgan fingerprint density at radius 3 is 2.67 bits per heavy atom. The quantitative estimate of drug-likeness (QED) is 0.729. The van der Waals surface area contributed by atoms with Gasteiger partial charge in [0.05, 0.1) is 12.5 Å². The van der Waals surface area contributed by atoms with E-state index in [1.54, 1.807) is 6.92 Å².